The van der Waals surface area contributed by atoms with Crippen molar-refractivity contribution in [2.75, 3.05) is 13.2 Å². The zero-order valence-electron chi connectivity index (χ0n) is 11.5. The maximum atomic E-state index is 11.3. The molecule has 0 aliphatic carbocycles. The van der Waals surface area contributed by atoms with Crippen LogP contribution in [0.25, 0.3) is 0 Å². The van der Waals surface area contributed by atoms with Crippen LogP contribution in [0.5, 0.6) is 0 Å². The number of carbonyl (C=O) groups is 2. The fraction of sp³-hybridized carbons (Fsp3) is 0.467. The van der Waals surface area contributed by atoms with Gasteiger partial charge in [0.25, 0.3) is 0 Å². The molecule has 1 aromatic carbocycles. The summed E-state index contributed by atoms with van der Waals surface area (Å²) in [6.45, 7) is 2.53. The predicted molar refractivity (Wildman–Crippen MR) is 72.9 cm³/mol. The highest BCUT2D eigenvalue weighted by Gasteiger charge is 2.26. The minimum absolute atomic E-state index is 0.173. The second-order valence-corrected chi connectivity index (χ2v) is 4.32. The molecule has 0 saturated carbocycles. The molecule has 0 aliphatic rings. The summed E-state index contributed by atoms with van der Waals surface area (Å²) in [5, 5.41) is 9.66. The first kappa shape index (κ1) is 16.3. The molecule has 110 valence electrons. The van der Waals surface area contributed by atoms with Crippen molar-refractivity contribution in [1.29, 1.82) is 0 Å². The van der Waals surface area contributed by atoms with Crippen LogP contribution < -0.4 is 0 Å². The highest BCUT2D eigenvalue weighted by molar-refractivity contribution is 5.78. The molecule has 0 fully saturated rings. The van der Waals surface area contributed by atoms with Gasteiger partial charge in [-0.25, -0.2) is 4.79 Å². The second kappa shape index (κ2) is 9.23. The molecule has 0 heterocycles. The van der Waals surface area contributed by atoms with Gasteiger partial charge in [-0.1, -0.05) is 30.3 Å². The van der Waals surface area contributed by atoms with Gasteiger partial charge in [-0.15, -0.1) is 0 Å². The molecule has 1 unspecified atom stereocenters. The van der Waals surface area contributed by atoms with Crippen LogP contribution in [0.3, 0.4) is 0 Å². The lowest BCUT2D eigenvalue weighted by Gasteiger charge is -2.16. The average molecular weight is 280 g/mol. The van der Waals surface area contributed by atoms with Gasteiger partial charge in [-0.2, -0.15) is 0 Å². The highest BCUT2D eigenvalue weighted by atomic mass is 16.5. The highest BCUT2D eigenvalue weighted by Crippen LogP contribution is 2.10. The second-order valence-electron chi connectivity index (χ2n) is 4.32. The SMILES string of the molecule is CCOC(=O)C(O)[C@@H](C=O)CCOCc1ccccc1. The Hall–Kier alpha value is -1.72. The smallest absolute Gasteiger partial charge is 0.335 e. The van der Waals surface area contributed by atoms with Crippen LogP contribution in [-0.2, 0) is 25.7 Å². The minimum Gasteiger partial charge on any atom is -0.464 e. The number of aliphatic hydroxyl groups excluding tert-OH is 1. The Morgan fingerprint density at radius 1 is 1.35 bits per heavy atom. The number of esters is 1. The molecular formula is C15H20O5. The summed E-state index contributed by atoms with van der Waals surface area (Å²) in [6, 6.07) is 9.62. The number of aliphatic hydroxyl groups is 1. The Morgan fingerprint density at radius 3 is 2.65 bits per heavy atom. The van der Waals surface area contributed by atoms with Gasteiger partial charge in [-0.05, 0) is 18.9 Å². The van der Waals surface area contributed by atoms with Crippen molar-refractivity contribution in [3.63, 3.8) is 0 Å². The van der Waals surface area contributed by atoms with Crippen molar-refractivity contribution in [2.24, 2.45) is 5.92 Å². The summed E-state index contributed by atoms with van der Waals surface area (Å²) in [7, 11) is 0. The molecule has 1 rings (SSSR count). The first-order valence-corrected chi connectivity index (χ1v) is 6.60. The molecule has 20 heavy (non-hydrogen) atoms. The molecular weight excluding hydrogens is 260 g/mol. The van der Waals surface area contributed by atoms with Gasteiger partial charge in [0.15, 0.2) is 6.10 Å². The number of aldehydes is 1. The Kier molecular flexibility index (Phi) is 7.54. The van der Waals surface area contributed by atoms with Crippen molar-refractivity contribution in [1.82, 2.24) is 0 Å². The van der Waals surface area contributed by atoms with Crippen molar-refractivity contribution in [3.8, 4) is 0 Å². The Bertz CT molecular complexity index is 404. The molecule has 5 heteroatoms. The van der Waals surface area contributed by atoms with E-state index in [4.69, 9.17) is 4.74 Å². The van der Waals surface area contributed by atoms with Crippen LogP contribution in [-0.4, -0.2) is 36.7 Å². The molecule has 0 bridgehead atoms. The van der Waals surface area contributed by atoms with E-state index in [0.717, 1.165) is 5.56 Å². The molecule has 2 atom stereocenters. The minimum atomic E-state index is -1.42. The largest absolute Gasteiger partial charge is 0.464 e. The number of rotatable bonds is 9. The fourth-order valence-corrected chi connectivity index (χ4v) is 1.69. The van der Waals surface area contributed by atoms with Crippen LogP contribution in [0.4, 0.5) is 0 Å². The van der Waals surface area contributed by atoms with E-state index in [1.807, 2.05) is 30.3 Å². The zero-order valence-corrected chi connectivity index (χ0v) is 11.5. The normalized spacial score (nSPS) is 13.5. The van der Waals surface area contributed by atoms with Crippen LogP contribution in [0, 0.1) is 5.92 Å². The molecule has 1 N–H and O–H groups in total. The van der Waals surface area contributed by atoms with Gasteiger partial charge < -0.3 is 19.4 Å². The Balaban J connectivity index is 2.31. The van der Waals surface area contributed by atoms with E-state index in [9.17, 15) is 14.7 Å². The third-order valence-corrected chi connectivity index (χ3v) is 2.82. The molecule has 5 nitrogen and oxygen atoms in total. The molecule has 0 amide bonds. The third kappa shape index (κ3) is 5.50. The molecule has 0 aromatic heterocycles. The monoisotopic (exact) mass is 280 g/mol. The van der Waals surface area contributed by atoms with Crippen molar-refractivity contribution >= 4 is 12.3 Å². The maximum Gasteiger partial charge on any atom is 0.335 e. The molecule has 1 aromatic rings. The Morgan fingerprint density at radius 2 is 2.05 bits per heavy atom. The zero-order chi connectivity index (χ0) is 14.8. The van der Waals surface area contributed by atoms with E-state index in [2.05, 4.69) is 4.74 Å². The van der Waals surface area contributed by atoms with E-state index >= 15 is 0 Å². The average Bonchev–Trinajstić information content (AvgIpc) is 2.48. The van der Waals surface area contributed by atoms with Crippen LogP contribution in [0.15, 0.2) is 30.3 Å². The quantitative estimate of drug-likeness (QED) is 0.420. The van der Waals surface area contributed by atoms with E-state index in [1.165, 1.54) is 0 Å². The topological polar surface area (TPSA) is 72.8 Å². The number of hydrogen-bond donors (Lipinski definition) is 1. The Labute approximate surface area is 118 Å². The fourth-order valence-electron chi connectivity index (χ4n) is 1.69. The van der Waals surface area contributed by atoms with Gasteiger partial charge in [0.2, 0.25) is 0 Å². The lowest BCUT2D eigenvalue weighted by atomic mass is 10.0. The lowest BCUT2D eigenvalue weighted by Crippen LogP contribution is -2.33. The summed E-state index contributed by atoms with van der Waals surface area (Å²) in [4.78, 5) is 22.2. The van der Waals surface area contributed by atoms with Crippen molar-refractivity contribution in [2.45, 2.75) is 26.1 Å². The van der Waals surface area contributed by atoms with Gasteiger partial charge in [0, 0.05) is 6.61 Å². The molecule has 0 radical (unpaired) electrons. The number of benzene rings is 1. The first-order valence-electron chi connectivity index (χ1n) is 6.60. The standard InChI is InChI=1S/C15H20O5/c1-2-20-15(18)14(17)13(10-16)8-9-19-11-12-6-4-3-5-7-12/h3-7,10,13-14,17H,2,8-9,11H2,1H3/t13-,14?/m1/s1. The van der Waals surface area contributed by atoms with E-state index in [0.29, 0.717) is 12.9 Å². The molecule has 0 spiro atoms. The number of carbonyl (C=O) groups excluding carboxylic acids is 2. The summed E-state index contributed by atoms with van der Waals surface area (Å²) in [5.41, 5.74) is 1.03. The number of hydrogen-bond acceptors (Lipinski definition) is 5. The summed E-state index contributed by atoms with van der Waals surface area (Å²) in [6.07, 6.45) is -0.586. The van der Waals surface area contributed by atoms with E-state index < -0.39 is 18.0 Å². The van der Waals surface area contributed by atoms with Crippen LogP contribution >= 0.6 is 0 Å². The van der Waals surface area contributed by atoms with Crippen molar-refractivity contribution in [3.05, 3.63) is 35.9 Å². The summed E-state index contributed by atoms with van der Waals surface area (Å²) in [5.74, 6) is -1.57. The van der Waals surface area contributed by atoms with E-state index in [1.54, 1.807) is 6.92 Å². The van der Waals surface area contributed by atoms with Crippen molar-refractivity contribution < 1.29 is 24.2 Å². The predicted octanol–water partition coefficient (Wildman–Crippen LogP) is 1.33. The maximum absolute atomic E-state index is 11.3. The number of ether oxygens (including phenoxy) is 2. The van der Waals surface area contributed by atoms with Gasteiger partial charge in [0.1, 0.15) is 6.29 Å². The molecule has 0 saturated heterocycles. The van der Waals surface area contributed by atoms with Gasteiger partial charge in [-0.3, -0.25) is 0 Å². The van der Waals surface area contributed by atoms with Crippen LogP contribution in [0.1, 0.15) is 18.9 Å². The van der Waals surface area contributed by atoms with Gasteiger partial charge in [0.05, 0.1) is 19.1 Å². The molecule has 0 aliphatic heterocycles. The van der Waals surface area contributed by atoms with Crippen LogP contribution in [0.2, 0.25) is 0 Å². The third-order valence-electron chi connectivity index (χ3n) is 2.82. The first-order chi connectivity index (χ1) is 9.69. The summed E-state index contributed by atoms with van der Waals surface area (Å²) < 4.78 is 10.1. The van der Waals surface area contributed by atoms with E-state index in [-0.39, 0.29) is 19.6 Å². The lowest BCUT2D eigenvalue weighted by molar-refractivity contribution is -0.157. The van der Waals surface area contributed by atoms with Gasteiger partial charge >= 0.3 is 5.97 Å². The summed E-state index contributed by atoms with van der Waals surface area (Å²) >= 11 is 0.